The third kappa shape index (κ3) is 2.60. The molecule has 1 aliphatic rings. The SMILES string of the molecule is O=C(O)c1occc1CSc1ccc2c(c1)OCCO2. The van der Waals surface area contributed by atoms with Gasteiger partial charge in [-0.3, -0.25) is 0 Å². The Kier molecular flexibility index (Phi) is 3.56. The zero-order valence-corrected chi connectivity index (χ0v) is 11.3. The monoisotopic (exact) mass is 292 g/mol. The van der Waals surface area contributed by atoms with Gasteiger partial charge in [-0.1, -0.05) is 0 Å². The number of hydrogen-bond donors (Lipinski definition) is 1. The predicted octanol–water partition coefficient (Wildman–Crippen LogP) is 3.04. The van der Waals surface area contributed by atoms with Gasteiger partial charge in [0, 0.05) is 16.2 Å². The average Bonchev–Trinajstić information content (AvgIpc) is 2.93. The van der Waals surface area contributed by atoms with Gasteiger partial charge in [0.25, 0.3) is 0 Å². The van der Waals surface area contributed by atoms with Crippen LogP contribution in [0.2, 0.25) is 0 Å². The molecular weight excluding hydrogens is 280 g/mol. The van der Waals surface area contributed by atoms with E-state index in [0.717, 1.165) is 16.4 Å². The van der Waals surface area contributed by atoms with Gasteiger partial charge in [-0.05, 0) is 24.3 Å². The Hall–Kier alpha value is -2.08. The molecule has 0 atom stereocenters. The minimum absolute atomic E-state index is 0.00459. The Morgan fingerprint density at radius 1 is 1.20 bits per heavy atom. The van der Waals surface area contributed by atoms with Crippen molar-refractivity contribution in [3.8, 4) is 11.5 Å². The van der Waals surface area contributed by atoms with Gasteiger partial charge in [0.1, 0.15) is 13.2 Å². The highest BCUT2D eigenvalue weighted by atomic mass is 32.2. The molecule has 5 nitrogen and oxygen atoms in total. The third-order valence-corrected chi connectivity index (χ3v) is 3.89. The van der Waals surface area contributed by atoms with Gasteiger partial charge < -0.3 is 19.0 Å². The standard InChI is InChI=1S/C14H12O5S/c15-14(16)13-9(3-4-19-13)8-20-10-1-2-11-12(7-10)18-6-5-17-11/h1-4,7H,5-6,8H2,(H,15,16). The van der Waals surface area contributed by atoms with E-state index in [1.165, 1.54) is 18.0 Å². The number of fused-ring (bicyclic) bond motifs is 1. The summed E-state index contributed by atoms with van der Waals surface area (Å²) in [5, 5.41) is 8.97. The molecule has 0 bridgehead atoms. The van der Waals surface area contributed by atoms with E-state index in [1.807, 2.05) is 18.2 Å². The second-order valence-corrected chi connectivity index (χ2v) is 5.22. The van der Waals surface area contributed by atoms with Gasteiger partial charge in [-0.2, -0.15) is 0 Å². The summed E-state index contributed by atoms with van der Waals surface area (Å²) in [5.41, 5.74) is 0.664. The zero-order valence-electron chi connectivity index (χ0n) is 10.5. The molecule has 1 N–H and O–H groups in total. The summed E-state index contributed by atoms with van der Waals surface area (Å²) in [6, 6.07) is 7.37. The average molecular weight is 292 g/mol. The van der Waals surface area contributed by atoms with Crippen molar-refractivity contribution in [2.24, 2.45) is 0 Å². The van der Waals surface area contributed by atoms with Crippen molar-refractivity contribution in [2.45, 2.75) is 10.6 Å². The van der Waals surface area contributed by atoms with Crippen LogP contribution in [0.4, 0.5) is 0 Å². The van der Waals surface area contributed by atoms with Crippen LogP contribution in [-0.2, 0) is 5.75 Å². The number of carboxylic acids is 1. The molecule has 3 rings (SSSR count). The maximum absolute atomic E-state index is 10.9. The van der Waals surface area contributed by atoms with E-state index in [1.54, 1.807) is 6.07 Å². The summed E-state index contributed by atoms with van der Waals surface area (Å²) in [7, 11) is 0. The molecule has 0 spiro atoms. The van der Waals surface area contributed by atoms with Crippen LogP contribution in [0.1, 0.15) is 16.1 Å². The van der Waals surface area contributed by atoms with Crippen LogP contribution < -0.4 is 9.47 Å². The van der Waals surface area contributed by atoms with E-state index in [9.17, 15) is 4.79 Å². The van der Waals surface area contributed by atoms with Gasteiger partial charge in [0.2, 0.25) is 5.76 Å². The van der Waals surface area contributed by atoms with Crippen molar-refractivity contribution in [3.05, 3.63) is 41.9 Å². The molecule has 1 aromatic heterocycles. The van der Waals surface area contributed by atoms with Gasteiger partial charge >= 0.3 is 5.97 Å². The van der Waals surface area contributed by atoms with Crippen molar-refractivity contribution in [3.63, 3.8) is 0 Å². The lowest BCUT2D eigenvalue weighted by Crippen LogP contribution is -2.15. The first-order valence-corrected chi connectivity index (χ1v) is 7.05. The molecule has 2 heterocycles. The highest BCUT2D eigenvalue weighted by Crippen LogP contribution is 2.35. The number of carbonyl (C=O) groups is 1. The van der Waals surface area contributed by atoms with E-state index in [4.69, 9.17) is 19.0 Å². The van der Waals surface area contributed by atoms with Crippen molar-refractivity contribution in [1.82, 2.24) is 0 Å². The van der Waals surface area contributed by atoms with Gasteiger partial charge in [-0.25, -0.2) is 4.79 Å². The fourth-order valence-corrected chi connectivity index (χ4v) is 2.82. The summed E-state index contributed by atoms with van der Waals surface area (Å²) < 4.78 is 15.9. The molecule has 0 unspecified atom stereocenters. The molecule has 0 saturated heterocycles. The molecule has 1 aromatic carbocycles. The fourth-order valence-electron chi connectivity index (χ4n) is 1.91. The number of rotatable bonds is 4. The van der Waals surface area contributed by atoms with E-state index in [-0.39, 0.29) is 5.76 Å². The van der Waals surface area contributed by atoms with Crippen molar-refractivity contribution in [2.75, 3.05) is 13.2 Å². The number of benzene rings is 1. The topological polar surface area (TPSA) is 68.9 Å². The number of ether oxygens (including phenoxy) is 2. The second kappa shape index (κ2) is 5.50. The number of furan rings is 1. The summed E-state index contributed by atoms with van der Waals surface area (Å²) in [6.07, 6.45) is 1.39. The van der Waals surface area contributed by atoms with Crippen LogP contribution in [0, 0.1) is 0 Å². The van der Waals surface area contributed by atoms with Crippen LogP contribution in [0.3, 0.4) is 0 Å². The maximum atomic E-state index is 10.9. The normalized spacial score (nSPS) is 13.2. The van der Waals surface area contributed by atoms with Gasteiger partial charge in [0.05, 0.1) is 6.26 Å². The predicted molar refractivity (Wildman–Crippen MR) is 72.7 cm³/mol. The van der Waals surface area contributed by atoms with Crippen LogP contribution in [-0.4, -0.2) is 24.3 Å². The maximum Gasteiger partial charge on any atom is 0.372 e. The minimum atomic E-state index is -1.05. The molecular formula is C14H12O5S. The van der Waals surface area contributed by atoms with E-state index in [2.05, 4.69) is 0 Å². The van der Waals surface area contributed by atoms with E-state index in [0.29, 0.717) is 24.5 Å². The summed E-state index contributed by atoms with van der Waals surface area (Å²) in [6.45, 7) is 1.11. The molecule has 20 heavy (non-hydrogen) atoms. The van der Waals surface area contributed by atoms with Crippen molar-refractivity contribution in [1.29, 1.82) is 0 Å². The Balaban J connectivity index is 1.72. The van der Waals surface area contributed by atoms with Crippen LogP contribution in [0.25, 0.3) is 0 Å². The first-order valence-electron chi connectivity index (χ1n) is 6.06. The minimum Gasteiger partial charge on any atom is -0.486 e. The smallest absolute Gasteiger partial charge is 0.372 e. The Bertz CT molecular complexity index is 634. The summed E-state index contributed by atoms with van der Waals surface area (Å²) in [4.78, 5) is 11.9. The lowest BCUT2D eigenvalue weighted by molar-refractivity contribution is 0.0661. The molecule has 0 aliphatic carbocycles. The zero-order chi connectivity index (χ0) is 13.9. The third-order valence-electron chi connectivity index (χ3n) is 2.85. The lowest BCUT2D eigenvalue weighted by atomic mass is 10.3. The lowest BCUT2D eigenvalue weighted by Gasteiger charge is -2.18. The Morgan fingerprint density at radius 3 is 2.80 bits per heavy atom. The van der Waals surface area contributed by atoms with Crippen molar-refractivity contribution < 1.29 is 23.8 Å². The molecule has 0 amide bonds. The van der Waals surface area contributed by atoms with Crippen LogP contribution in [0.5, 0.6) is 11.5 Å². The Morgan fingerprint density at radius 2 is 2.00 bits per heavy atom. The number of carboxylic acid groups (broad SMARTS) is 1. The number of hydrogen-bond acceptors (Lipinski definition) is 5. The van der Waals surface area contributed by atoms with Crippen LogP contribution >= 0.6 is 11.8 Å². The quantitative estimate of drug-likeness (QED) is 0.873. The largest absolute Gasteiger partial charge is 0.486 e. The van der Waals surface area contributed by atoms with Gasteiger partial charge in [-0.15, -0.1) is 11.8 Å². The molecule has 104 valence electrons. The van der Waals surface area contributed by atoms with Crippen LogP contribution in [0.15, 0.2) is 39.8 Å². The first-order chi connectivity index (χ1) is 9.74. The molecule has 0 radical (unpaired) electrons. The number of thioether (sulfide) groups is 1. The fraction of sp³-hybridized carbons (Fsp3) is 0.214. The Labute approximate surface area is 119 Å². The van der Waals surface area contributed by atoms with E-state index >= 15 is 0 Å². The summed E-state index contributed by atoms with van der Waals surface area (Å²) in [5.74, 6) is 0.947. The molecule has 1 aliphatic heterocycles. The second-order valence-electron chi connectivity index (χ2n) is 4.17. The summed E-state index contributed by atoms with van der Waals surface area (Å²) >= 11 is 1.52. The molecule has 6 heteroatoms. The van der Waals surface area contributed by atoms with Gasteiger partial charge in [0.15, 0.2) is 11.5 Å². The molecule has 0 saturated carbocycles. The molecule has 2 aromatic rings. The first kappa shape index (κ1) is 12.9. The van der Waals surface area contributed by atoms with E-state index < -0.39 is 5.97 Å². The van der Waals surface area contributed by atoms with Crippen molar-refractivity contribution >= 4 is 17.7 Å². The highest BCUT2D eigenvalue weighted by molar-refractivity contribution is 7.98. The molecule has 0 fully saturated rings. The number of aromatic carboxylic acids is 1. The highest BCUT2D eigenvalue weighted by Gasteiger charge is 2.15.